The third kappa shape index (κ3) is 4.18. The minimum Gasteiger partial charge on any atom is -0.493 e. The molecule has 1 amide bonds. The van der Waals surface area contributed by atoms with Gasteiger partial charge in [0.05, 0.1) is 27.5 Å². The van der Waals surface area contributed by atoms with Crippen LogP contribution in [0.25, 0.3) is 10.8 Å². The second-order valence-electron chi connectivity index (χ2n) is 6.76. The maximum absolute atomic E-state index is 12.5. The molecule has 1 atom stereocenters. The monoisotopic (exact) mass is 422 g/mol. The summed E-state index contributed by atoms with van der Waals surface area (Å²) in [4.78, 5) is 12.5. The first-order valence-electron chi connectivity index (χ1n) is 9.58. The van der Waals surface area contributed by atoms with Gasteiger partial charge in [0.2, 0.25) is 11.9 Å². The van der Waals surface area contributed by atoms with Crippen molar-refractivity contribution in [2.24, 2.45) is 5.10 Å². The molecule has 0 radical (unpaired) electrons. The average molecular weight is 422 g/mol. The zero-order valence-electron chi connectivity index (χ0n) is 17.4. The molecule has 0 saturated heterocycles. The number of hydrogen-bond donors (Lipinski definition) is 1. The Morgan fingerprint density at radius 1 is 1.00 bits per heavy atom. The first-order valence-corrected chi connectivity index (χ1v) is 9.58. The predicted octanol–water partition coefficient (Wildman–Crippen LogP) is 3.16. The van der Waals surface area contributed by atoms with E-state index in [2.05, 4.69) is 10.5 Å². The fourth-order valence-electron chi connectivity index (χ4n) is 3.30. The van der Waals surface area contributed by atoms with Crippen LogP contribution in [0.4, 0.5) is 0 Å². The van der Waals surface area contributed by atoms with E-state index in [0.29, 0.717) is 34.3 Å². The second-order valence-corrected chi connectivity index (χ2v) is 6.76. The summed E-state index contributed by atoms with van der Waals surface area (Å²) in [6, 6.07) is 15.1. The van der Waals surface area contributed by atoms with Gasteiger partial charge in [-0.05, 0) is 35.0 Å². The summed E-state index contributed by atoms with van der Waals surface area (Å²) in [5, 5.41) is 6.07. The SMILES string of the molecule is COc1cc(/C=N\NC(=O)[C@H]2COc3cc4ccccc4cc3O2)cc(OC)c1OC. The van der Waals surface area contributed by atoms with Crippen LogP contribution in [0.2, 0.25) is 0 Å². The predicted molar refractivity (Wildman–Crippen MR) is 116 cm³/mol. The van der Waals surface area contributed by atoms with E-state index < -0.39 is 12.0 Å². The Balaban J connectivity index is 1.45. The molecule has 0 bridgehead atoms. The second kappa shape index (κ2) is 8.83. The van der Waals surface area contributed by atoms with Crippen molar-refractivity contribution in [1.29, 1.82) is 0 Å². The molecule has 1 aliphatic heterocycles. The molecule has 1 N–H and O–H groups in total. The number of hydrazone groups is 1. The van der Waals surface area contributed by atoms with E-state index in [1.165, 1.54) is 27.5 Å². The standard InChI is InChI=1S/C23H22N2O6/c1-27-19-8-14(9-20(28-2)22(19)29-3)12-24-25-23(26)21-13-30-17-10-15-6-4-5-7-16(15)11-18(17)31-21/h4-12,21H,13H2,1-3H3,(H,25,26)/b24-12-/t21-/m1/s1. The lowest BCUT2D eigenvalue weighted by molar-refractivity contribution is -0.130. The number of methoxy groups -OCH3 is 3. The van der Waals surface area contributed by atoms with Gasteiger partial charge in [-0.2, -0.15) is 5.10 Å². The third-order valence-corrected chi connectivity index (χ3v) is 4.84. The Bertz CT molecular complexity index is 1120. The van der Waals surface area contributed by atoms with Gasteiger partial charge in [0, 0.05) is 5.56 Å². The highest BCUT2D eigenvalue weighted by molar-refractivity contribution is 5.88. The van der Waals surface area contributed by atoms with E-state index >= 15 is 0 Å². The molecule has 0 saturated carbocycles. The number of fused-ring (bicyclic) bond motifs is 2. The molecule has 0 unspecified atom stereocenters. The van der Waals surface area contributed by atoms with Gasteiger partial charge < -0.3 is 23.7 Å². The minimum absolute atomic E-state index is 0.0941. The van der Waals surface area contributed by atoms with Gasteiger partial charge in [-0.1, -0.05) is 24.3 Å². The number of carbonyl (C=O) groups is 1. The first kappa shape index (κ1) is 20.3. The van der Waals surface area contributed by atoms with Crippen molar-refractivity contribution in [2.75, 3.05) is 27.9 Å². The zero-order valence-corrected chi connectivity index (χ0v) is 17.4. The molecular weight excluding hydrogens is 400 g/mol. The van der Waals surface area contributed by atoms with Gasteiger partial charge in [0.15, 0.2) is 23.0 Å². The largest absolute Gasteiger partial charge is 0.493 e. The summed E-state index contributed by atoms with van der Waals surface area (Å²) in [6.45, 7) is 0.0941. The van der Waals surface area contributed by atoms with E-state index in [1.54, 1.807) is 12.1 Å². The van der Waals surface area contributed by atoms with Crippen LogP contribution in [-0.2, 0) is 4.79 Å². The van der Waals surface area contributed by atoms with Crippen LogP contribution in [0, 0.1) is 0 Å². The van der Waals surface area contributed by atoms with E-state index in [1.807, 2.05) is 36.4 Å². The Morgan fingerprint density at radius 2 is 1.65 bits per heavy atom. The van der Waals surface area contributed by atoms with E-state index in [4.69, 9.17) is 23.7 Å². The molecule has 0 fully saturated rings. The molecule has 160 valence electrons. The van der Waals surface area contributed by atoms with Crippen molar-refractivity contribution < 1.29 is 28.5 Å². The van der Waals surface area contributed by atoms with Gasteiger partial charge >= 0.3 is 0 Å². The number of benzene rings is 3. The Labute approximate surface area is 179 Å². The van der Waals surface area contributed by atoms with Crippen LogP contribution in [0.3, 0.4) is 0 Å². The van der Waals surface area contributed by atoms with Crippen molar-refractivity contribution in [3.8, 4) is 28.7 Å². The maximum Gasteiger partial charge on any atom is 0.284 e. The maximum atomic E-state index is 12.5. The number of ether oxygens (including phenoxy) is 5. The van der Waals surface area contributed by atoms with Gasteiger partial charge in [0.25, 0.3) is 5.91 Å². The molecule has 8 heteroatoms. The lowest BCUT2D eigenvalue weighted by Crippen LogP contribution is -2.42. The van der Waals surface area contributed by atoms with Gasteiger partial charge in [-0.15, -0.1) is 0 Å². The number of nitrogens with one attached hydrogen (secondary N) is 1. The molecule has 0 spiro atoms. The molecule has 3 aromatic rings. The normalized spacial score (nSPS) is 15.0. The van der Waals surface area contributed by atoms with Gasteiger partial charge in [0.1, 0.15) is 6.61 Å². The average Bonchev–Trinajstić information content (AvgIpc) is 2.81. The minimum atomic E-state index is -0.814. The quantitative estimate of drug-likeness (QED) is 0.485. The van der Waals surface area contributed by atoms with E-state index in [0.717, 1.165) is 10.8 Å². The Morgan fingerprint density at radius 3 is 2.26 bits per heavy atom. The number of carbonyl (C=O) groups excluding carboxylic acids is 1. The highest BCUT2D eigenvalue weighted by Gasteiger charge is 2.27. The van der Waals surface area contributed by atoms with Crippen molar-refractivity contribution in [1.82, 2.24) is 5.43 Å². The number of amides is 1. The molecule has 8 nitrogen and oxygen atoms in total. The molecule has 0 aliphatic carbocycles. The number of hydrogen-bond acceptors (Lipinski definition) is 7. The van der Waals surface area contributed by atoms with Crippen LogP contribution >= 0.6 is 0 Å². The summed E-state index contributed by atoms with van der Waals surface area (Å²) in [5.74, 6) is 2.18. The van der Waals surface area contributed by atoms with Crippen LogP contribution in [0.1, 0.15) is 5.56 Å². The lowest BCUT2D eigenvalue weighted by atomic mass is 10.1. The van der Waals surface area contributed by atoms with Crippen molar-refractivity contribution >= 4 is 22.9 Å². The number of nitrogens with zero attached hydrogens (tertiary/aromatic N) is 1. The highest BCUT2D eigenvalue weighted by Crippen LogP contribution is 2.38. The first-order chi connectivity index (χ1) is 15.1. The summed E-state index contributed by atoms with van der Waals surface area (Å²) < 4.78 is 27.5. The van der Waals surface area contributed by atoms with Crippen molar-refractivity contribution in [2.45, 2.75) is 6.10 Å². The van der Waals surface area contributed by atoms with E-state index in [-0.39, 0.29) is 6.61 Å². The van der Waals surface area contributed by atoms with Crippen LogP contribution in [0.15, 0.2) is 53.6 Å². The lowest BCUT2D eigenvalue weighted by Gasteiger charge is -2.25. The Hall–Kier alpha value is -3.94. The third-order valence-electron chi connectivity index (χ3n) is 4.84. The van der Waals surface area contributed by atoms with Crippen LogP contribution in [-0.4, -0.2) is 46.2 Å². The van der Waals surface area contributed by atoms with Crippen molar-refractivity contribution in [3.05, 3.63) is 54.1 Å². The molecule has 0 aromatic heterocycles. The molecule has 31 heavy (non-hydrogen) atoms. The van der Waals surface area contributed by atoms with Crippen LogP contribution in [0.5, 0.6) is 28.7 Å². The molecule has 4 rings (SSSR count). The van der Waals surface area contributed by atoms with E-state index in [9.17, 15) is 4.79 Å². The molecule has 1 aliphatic rings. The summed E-state index contributed by atoms with van der Waals surface area (Å²) >= 11 is 0. The van der Waals surface area contributed by atoms with Gasteiger partial charge in [-0.25, -0.2) is 5.43 Å². The molecular formula is C23H22N2O6. The number of rotatable bonds is 6. The summed E-state index contributed by atoms with van der Waals surface area (Å²) in [6.07, 6.45) is 0.666. The summed E-state index contributed by atoms with van der Waals surface area (Å²) in [5.41, 5.74) is 3.14. The van der Waals surface area contributed by atoms with Crippen molar-refractivity contribution in [3.63, 3.8) is 0 Å². The zero-order chi connectivity index (χ0) is 21.8. The van der Waals surface area contributed by atoms with Gasteiger partial charge in [-0.3, -0.25) is 4.79 Å². The Kier molecular flexibility index (Phi) is 5.79. The van der Waals surface area contributed by atoms with Crippen LogP contribution < -0.4 is 29.1 Å². The topological polar surface area (TPSA) is 87.6 Å². The molecule has 3 aromatic carbocycles. The fourth-order valence-corrected chi connectivity index (χ4v) is 3.30. The summed E-state index contributed by atoms with van der Waals surface area (Å²) in [7, 11) is 4.59. The molecule has 1 heterocycles. The smallest absolute Gasteiger partial charge is 0.284 e. The fraction of sp³-hybridized carbons (Fsp3) is 0.217. The highest BCUT2D eigenvalue weighted by atomic mass is 16.6.